The third kappa shape index (κ3) is 5.57. The third-order valence-electron chi connectivity index (χ3n) is 4.51. The number of carbonyl (C=O) groups is 2. The molecule has 150 valence electrons. The minimum Gasteiger partial charge on any atom is -0.480 e. The van der Waals surface area contributed by atoms with Gasteiger partial charge in [-0.25, -0.2) is 0 Å². The molecule has 1 atom stereocenters. The van der Waals surface area contributed by atoms with Crippen LogP contribution in [0.3, 0.4) is 0 Å². The van der Waals surface area contributed by atoms with Gasteiger partial charge in [-0.2, -0.15) is 0 Å². The summed E-state index contributed by atoms with van der Waals surface area (Å²) in [5.41, 5.74) is 2.96. The fourth-order valence-electron chi connectivity index (χ4n) is 2.69. The molecule has 0 spiro atoms. The quantitative estimate of drug-likeness (QED) is 0.649. The van der Waals surface area contributed by atoms with Gasteiger partial charge in [0.1, 0.15) is 5.75 Å². The minimum absolute atomic E-state index is 0.267. The van der Waals surface area contributed by atoms with E-state index < -0.39 is 6.10 Å². The molecule has 6 heteroatoms. The number of anilines is 1. The van der Waals surface area contributed by atoms with E-state index >= 15 is 0 Å². The first-order valence-corrected chi connectivity index (χ1v) is 9.37. The first-order valence-electron chi connectivity index (χ1n) is 9.37. The van der Waals surface area contributed by atoms with Crippen LogP contribution in [0.2, 0.25) is 0 Å². The zero-order valence-corrected chi connectivity index (χ0v) is 16.9. The molecule has 6 nitrogen and oxygen atoms in total. The molecule has 2 aromatic carbocycles. The largest absolute Gasteiger partial charge is 0.480 e. The number of amides is 2. The normalized spacial score (nSPS) is 11.6. The van der Waals surface area contributed by atoms with Gasteiger partial charge in [0.15, 0.2) is 6.10 Å². The van der Waals surface area contributed by atoms with Crippen LogP contribution >= 0.6 is 0 Å². The lowest BCUT2D eigenvalue weighted by Gasteiger charge is -2.20. The van der Waals surface area contributed by atoms with Gasteiger partial charge >= 0.3 is 0 Å². The summed E-state index contributed by atoms with van der Waals surface area (Å²) >= 11 is 0. The van der Waals surface area contributed by atoms with Gasteiger partial charge < -0.3 is 20.1 Å². The van der Waals surface area contributed by atoms with Crippen LogP contribution in [0, 0.1) is 13.8 Å². The Kier molecular flexibility index (Phi) is 8.02. The number of carbonyl (C=O) groups excluding carboxylic acids is 2. The van der Waals surface area contributed by atoms with Crippen LogP contribution in [-0.2, 0) is 9.53 Å². The number of nitrogens with one attached hydrogen (secondary N) is 2. The zero-order chi connectivity index (χ0) is 20.5. The average molecular weight is 384 g/mol. The highest BCUT2D eigenvalue weighted by Crippen LogP contribution is 2.23. The van der Waals surface area contributed by atoms with Gasteiger partial charge in [-0.15, -0.1) is 0 Å². The van der Waals surface area contributed by atoms with Crippen LogP contribution in [0.25, 0.3) is 0 Å². The van der Waals surface area contributed by atoms with Crippen LogP contribution in [0.5, 0.6) is 5.75 Å². The Balaban J connectivity index is 2.12. The van der Waals surface area contributed by atoms with Crippen molar-refractivity contribution < 1.29 is 19.1 Å². The predicted molar refractivity (Wildman–Crippen MR) is 110 cm³/mol. The summed E-state index contributed by atoms with van der Waals surface area (Å²) in [5, 5.41) is 5.59. The summed E-state index contributed by atoms with van der Waals surface area (Å²) in [6.07, 6.45) is -0.161. The van der Waals surface area contributed by atoms with Crippen molar-refractivity contribution in [2.45, 2.75) is 33.3 Å². The van der Waals surface area contributed by atoms with Gasteiger partial charge in [-0.1, -0.05) is 31.2 Å². The van der Waals surface area contributed by atoms with Crippen molar-refractivity contribution >= 4 is 17.5 Å². The standard InChI is InChI=1S/C22H28N2O4/c1-5-19(28-20-12-8-9-15(2)16(20)3)22(26)24-18-11-7-6-10-17(18)21(25)23-13-14-27-4/h6-12,19H,5,13-14H2,1-4H3,(H,23,25)(H,24,26)/t19-/m0/s1. The van der Waals surface area contributed by atoms with Crippen molar-refractivity contribution in [3.05, 3.63) is 59.2 Å². The molecule has 0 heterocycles. The van der Waals surface area contributed by atoms with Gasteiger partial charge in [-0.05, 0) is 49.6 Å². The van der Waals surface area contributed by atoms with E-state index in [-0.39, 0.29) is 11.8 Å². The summed E-state index contributed by atoms with van der Waals surface area (Å²) in [7, 11) is 1.57. The van der Waals surface area contributed by atoms with Gasteiger partial charge in [0.25, 0.3) is 11.8 Å². The highest BCUT2D eigenvalue weighted by Gasteiger charge is 2.21. The summed E-state index contributed by atoms with van der Waals surface area (Å²) in [6, 6.07) is 12.7. The monoisotopic (exact) mass is 384 g/mol. The van der Waals surface area contributed by atoms with Crippen molar-refractivity contribution in [2.75, 3.05) is 25.6 Å². The molecule has 0 aliphatic heterocycles. The number of aryl methyl sites for hydroxylation is 1. The smallest absolute Gasteiger partial charge is 0.265 e. The minimum atomic E-state index is -0.662. The number of benzene rings is 2. The predicted octanol–water partition coefficient (Wildman–Crippen LogP) is 3.48. The molecule has 2 aromatic rings. The maximum Gasteiger partial charge on any atom is 0.265 e. The van der Waals surface area contributed by atoms with E-state index in [1.165, 1.54) is 0 Å². The molecular weight excluding hydrogens is 356 g/mol. The fourth-order valence-corrected chi connectivity index (χ4v) is 2.69. The van der Waals surface area contributed by atoms with Crippen molar-refractivity contribution in [1.29, 1.82) is 0 Å². The molecule has 0 aromatic heterocycles. The Hall–Kier alpha value is -2.86. The molecule has 0 aliphatic rings. The van der Waals surface area contributed by atoms with Gasteiger partial charge in [0, 0.05) is 13.7 Å². The van der Waals surface area contributed by atoms with E-state index in [0.29, 0.717) is 36.6 Å². The van der Waals surface area contributed by atoms with Crippen molar-refractivity contribution in [1.82, 2.24) is 5.32 Å². The third-order valence-corrected chi connectivity index (χ3v) is 4.51. The number of para-hydroxylation sites is 1. The molecule has 28 heavy (non-hydrogen) atoms. The second kappa shape index (κ2) is 10.5. The molecule has 0 unspecified atom stereocenters. The van der Waals surface area contributed by atoms with E-state index in [1.54, 1.807) is 31.4 Å². The van der Waals surface area contributed by atoms with Crippen LogP contribution in [-0.4, -0.2) is 38.2 Å². The Bertz CT molecular complexity index is 820. The van der Waals surface area contributed by atoms with Crippen molar-refractivity contribution in [3.63, 3.8) is 0 Å². The molecular formula is C22H28N2O4. The van der Waals surface area contributed by atoms with Crippen molar-refractivity contribution in [2.24, 2.45) is 0 Å². The Morgan fingerprint density at radius 3 is 2.54 bits per heavy atom. The second-order valence-corrected chi connectivity index (χ2v) is 6.50. The Morgan fingerprint density at radius 1 is 1.07 bits per heavy atom. The van der Waals surface area contributed by atoms with Crippen LogP contribution in [0.15, 0.2) is 42.5 Å². The molecule has 0 saturated heterocycles. The Labute approximate surface area is 166 Å². The molecule has 0 fully saturated rings. The molecule has 0 bridgehead atoms. The lowest BCUT2D eigenvalue weighted by Crippen LogP contribution is -2.34. The maximum absolute atomic E-state index is 12.8. The fraction of sp³-hybridized carbons (Fsp3) is 0.364. The SMILES string of the molecule is CC[C@H](Oc1cccc(C)c1C)C(=O)Nc1ccccc1C(=O)NCCOC. The number of rotatable bonds is 9. The molecule has 0 saturated carbocycles. The number of ether oxygens (including phenoxy) is 2. The zero-order valence-electron chi connectivity index (χ0n) is 16.9. The topological polar surface area (TPSA) is 76.7 Å². The van der Waals surface area contributed by atoms with Crippen LogP contribution in [0.4, 0.5) is 5.69 Å². The van der Waals surface area contributed by atoms with E-state index in [0.717, 1.165) is 11.1 Å². The molecule has 0 aliphatic carbocycles. The lowest BCUT2D eigenvalue weighted by atomic mass is 10.1. The van der Waals surface area contributed by atoms with Crippen molar-refractivity contribution in [3.8, 4) is 5.75 Å². The maximum atomic E-state index is 12.8. The highest BCUT2D eigenvalue weighted by molar-refractivity contribution is 6.04. The lowest BCUT2D eigenvalue weighted by molar-refractivity contribution is -0.122. The van der Waals surface area contributed by atoms with E-state index in [1.807, 2.05) is 39.0 Å². The first kappa shape index (κ1) is 21.4. The summed E-state index contributed by atoms with van der Waals surface area (Å²) < 4.78 is 10.9. The summed E-state index contributed by atoms with van der Waals surface area (Å²) in [5.74, 6) is 0.129. The summed E-state index contributed by atoms with van der Waals surface area (Å²) in [4.78, 5) is 25.2. The molecule has 2 N–H and O–H groups in total. The van der Waals surface area contributed by atoms with Gasteiger partial charge in [0.05, 0.1) is 17.9 Å². The number of methoxy groups -OCH3 is 1. The highest BCUT2D eigenvalue weighted by atomic mass is 16.5. The molecule has 2 amide bonds. The summed E-state index contributed by atoms with van der Waals surface area (Å²) in [6.45, 7) is 6.67. The van der Waals surface area contributed by atoms with E-state index in [2.05, 4.69) is 10.6 Å². The average Bonchev–Trinajstić information content (AvgIpc) is 2.69. The number of hydrogen-bond donors (Lipinski definition) is 2. The molecule has 2 rings (SSSR count). The van der Waals surface area contributed by atoms with Gasteiger partial charge in [-0.3, -0.25) is 9.59 Å². The van der Waals surface area contributed by atoms with E-state index in [4.69, 9.17) is 9.47 Å². The van der Waals surface area contributed by atoms with Crippen LogP contribution < -0.4 is 15.4 Å². The molecule has 0 radical (unpaired) electrons. The van der Waals surface area contributed by atoms with Gasteiger partial charge in [0.2, 0.25) is 0 Å². The second-order valence-electron chi connectivity index (χ2n) is 6.50. The number of hydrogen-bond acceptors (Lipinski definition) is 4. The Morgan fingerprint density at radius 2 is 1.82 bits per heavy atom. The van der Waals surface area contributed by atoms with Crippen LogP contribution in [0.1, 0.15) is 34.8 Å². The first-order chi connectivity index (χ1) is 13.5. The van der Waals surface area contributed by atoms with E-state index in [9.17, 15) is 9.59 Å².